The maximum absolute atomic E-state index is 12.1. The van der Waals surface area contributed by atoms with Gasteiger partial charge in [0, 0.05) is 48.5 Å². The van der Waals surface area contributed by atoms with E-state index in [1.807, 2.05) is 11.0 Å². The lowest BCUT2D eigenvalue weighted by atomic mass is 9.88. The number of carbonyl (C=O) groups is 1. The number of carbonyl (C=O) groups excluding carboxylic acids is 1. The van der Waals surface area contributed by atoms with Gasteiger partial charge in [-0.15, -0.1) is 0 Å². The summed E-state index contributed by atoms with van der Waals surface area (Å²) < 4.78 is 2.31. The van der Waals surface area contributed by atoms with E-state index < -0.39 is 0 Å². The van der Waals surface area contributed by atoms with Gasteiger partial charge < -0.3 is 4.90 Å². The molecular weight excluding hydrogens is 341 g/mol. The summed E-state index contributed by atoms with van der Waals surface area (Å²) in [6, 6.07) is 2.20. The molecule has 2 rings (SSSR count). The molecule has 2 fully saturated rings. The first kappa shape index (κ1) is 13.8. The first-order chi connectivity index (χ1) is 8.63. The molecule has 0 aromatic rings. The van der Waals surface area contributed by atoms with Crippen LogP contribution >= 0.6 is 22.9 Å². The number of nitrogens with zero attached hydrogens (tertiary/aromatic N) is 3. The molecule has 1 unspecified atom stereocenters. The van der Waals surface area contributed by atoms with Gasteiger partial charge in [0.25, 0.3) is 5.91 Å². The third-order valence-corrected chi connectivity index (χ3v) is 4.95. The Morgan fingerprint density at radius 2 is 1.94 bits per heavy atom. The van der Waals surface area contributed by atoms with E-state index in [0.717, 1.165) is 45.3 Å². The fourth-order valence-corrected chi connectivity index (χ4v) is 3.57. The molecule has 0 aromatic carbocycles. The summed E-state index contributed by atoms with van der Waals surface area (Å²) in [6.45, 7) is 6.53. The second-order valence-corrected chi connectivity index (χ2v) is 6.41. The van der Waals surface area contributed by atoms with Crippen molar-refractivity contribution in [2.24, 2.45) is 5.92 Å². The van der Waals surface area contributed by atoms with Gasteiger partial charge in [-0.2, -0.15) is 5.26 Å². The quantitative estimate of drug-likeness (QED) is 0.328. The van der Waals surface area contributed by atoms with Crippen molar-refractivity contribution < 1.29 is 4.79 Å². The van der Waals surface area contributed by atoms with E-state index in [9.17, 15) is 4.79 Å². The Morgan fingerprint density at radius 3 is 2.56 bits per heavy atom. The lowest BCUT2D eigenvalue weighted by Gasteiger charge is -2.36. The highest BCUT2D eigenvalue weighted by Crippen LogP contribution is 2.32. The van der Waals surface area contributed by atoms with Crippen LogP contribution in [0.1, 0.15) is 25.7 Å². The van der Waals surface area contributed by atoms with Crippen LogP contribution in [0.3, 0.4) is 0 Å². The standard InChI is InChI=1S/C13H18IN3O/c1-10(9-15)13(18)17-6-2-3-12(17)11-4-7-16(14)8-5-11/h11-12H,1-8H2. The smallest absolute Gasteiger partial charge is 0.264 e. The number of halogens is 1. The molecule has 4 nitrogen and oxygen atoms in total. The highest BCUT2D eigenvalue weighted by Gasteiger charge is 2.36. The van der Waals surface area contributed by atoms with Gasteiger partial charge in [-0.3, -0.25) is 4.79 Å². The molecule has 0 bridgehead atoms. The van der Waals surface area contributed by atoms with Crippen LogP contribution in [0.5, 0.6) is 0 Å². The summed E-state index contributed by atoms with van der Waals surface area (Å²) in [6.07, 6.45) is 4.43. The molecule has 2 heterocycles. The summed E-state index contributed by atoms with van der Waals surface area (Å²) >= 11 is 2.36. The molecule has 2 aliphatic heterocycles. The molecule has 0 spiro atoms. The van der Waals surface area contributed by atoms with Gasteiger partial charge in [0.05, 0.1) is 0 Å². The van der Waals surface area contributed by atoms with Crippen molar-refractivity contribution in [1.29, 1.82) is 5.26 Å². The van der Waals surface area contributed by atoms with Crippen molar-refractivity contribution in [3.05, 3.63) is 12.2 Å². The molecule has 1 atom stereocenters. The summed E-state index contributed by atoms with van der Waals surface area (Å²) in [5, 5.41) is 8.79. The molecule has 1 amide bonds. The second kappa shape index (κ2) is 6.02. The van der Waals surface area contributed by atoms with Crippen molar-refractivity contribution >= 4 is 28.8 Å². The van der Waals surface area contributed by atoms with Crippen LogP contribution in [0.2, 0.25) is 0 Å². The average molecular weight is 359 g/mol. The highest BCUT2D eigenvalue weighted by molar-refractivity contribution is 14.1. The largest absolute Gasteiger partial charge is 0.335 e. The zero-order chi connectivity index (χ0) is 13.1. The SMILES string of the molecule is C=C(C#N)C(=O)N1CCCC1C1CCN(I)CC1. The fourth-order valence-electron chi connectivity index (χ4n) is 3.01. The number of rotatable bonds is 2. The number of amides is 1. The molecule has 98 valence electrons. The van der Waals surface area contributed by atoms with Gasteiger partial charge in [-0.1, -0.05) is 6.58 Å². The number of piperidine rings is 1. The minimum atomic E-state index is -0.156. The lowest BCUT2D eigenvalue weighted by Crippen LogP contribution is -2.43. The van der Waals surface area contributed by atoms with E-state index in [0.29, 0.717) is 12.0 Å². The van der Waals surface area contributed by atoms with Crippen molar-refractivity contribution in [2.45, 2.75) is 31.7 Å². The first-order valence-corrected chi connectivity index (χ1v) is 7.40. The van der Waals surface area contributed by atoms with E-state index in [-0.39, 0.29) is 11.5 Å². The van der Waals surface area contributed by atoms with Crippen LogP contribution in [0.15, 0.2) is 12.2 Å². The lowest BCUT2D eigenvalue weighted by molar-refractivity contribution is -0.128. The topological polar surface area (TPSA) is 47.3 Å². The molecule has 2 saturated heterocycles. The van der Waals surface area contributed by atoms with E-state index in [1.54, 1.807) is 0 Å². The van der Waals surface area contributed by atoms with Gasteiger partial charge in [-0.25, -0.2) is 3.11 Å². The third-order valence-electron chi connectivity index (χ3n) is 3.98. The van der Waals surface area contributed by atoms with Crippen LogP contribution in [-0.4, -0.2) is 39.6 Å². The minimum Gasteiger partial charge on any atom is -0.335 e. The van der Waals surface area contributed by atoms with Crippen LogP contribution in [0, 0.1) is 17.2 Å². The predicted octanol–water partition coefficient (Wildman–Crippen LogP) is 2.12. The van der Waals surface area contributed by atoms with Gasteiger partial charge in [-0.05, 0) is 31.6 Å². The Kier molecular flexibility index (Phi) is 4.62. The predicted molar refractivity (Wildman–Crippen MR) is 77.8 cm³/mol. The van der Waals surface area contributed by atoms with Crippen LogP contribution in [0.4, 0.5) is 0 Å². The van der Waals surface area contributed by atoms with E-state index in [4.69, 9.17) is 5.26 Å². The summed E-state index contributed by atoms with van der Waals surface area (Å²) in [7, 11) is 0. The number of likely N-dealkylation sites (tertiary alicyclic amines) is 1. The zero-order valence-corrected chi connectivity index (χ0v) is 12.6. The summed E-state index contributed by atoms with van der Waals surface area (Å²) in [5.74, 6) is 0.436. The van der Waals surface area contributed by atoms with Gasteiger partial charge in [0.1, 0.15) is 11.6 Å². The van der Waals surface area contributed by atoms with Gasteiger partial charge >= 0.3 is 0 Å². The number of hydrogen-bond donors (Lipinski definition) is 0. The molecule has 5 heteroatoms. The highest BCUT2D eigenvalue weighted by atomic mass is 127. The number of hydrogen-bond acceptors (Lipinski definition) is 3. The zero-order valence-electron chi connectivity index (χ0n) is 10.4. The third kappa shape index (κ3) is 2.86. The second-order valence-electron chi connectivity index (χ2n) is 5.05. The Hall–Kier alpha value is -0.610. The summed E-state index contributed by atoms with van der Waals surface area (Å²) in [5.41, 5.74) is 0.0771. The van der Waals surface area contributed by atoms with Crippen molar-refractivity contribution in [3.63, 3.8) is 0 Å². The molecule has 0 radical (unpaired) electrons. The molecule has 2 aliphatic rings. The molecule has 0 saturated carbocycles. The Labute approximate surface area is 122 Å². The molecule has 0 N–H and O–H groups in total. The van der Waals surface area contributed by atoms with Crippen molar-refractivity contribution in [1.82, 2.24) is 8.01 Å². The van der Waals surface area contributed by atoms with E-state index >= 15 is 0 Å². The van der Waals surface area contributed by atoms with Crippen LogP contribution in [0.25, 0.3) is 0 Å². The Balaban J connectivity index is 2.02. The average Bonchev–Trinajstić information content (AvgIpc) is 2.87. The maximum atomic E-state index is 12.1. The van der Waals surface area contributed by atoms with Crippen molar-refractivity contribution in [2.75, 3.05) is 19.6 Å². The van der Waals surface area contributed by atoms with Crippen LogP contribution in [-0.2, 0) is 4.79 Å². The monoisotopic (exact) mass is 359 g/mol. The van der Waals surface area contributed by atoms with Gasteiger partial charge in [0.15, 0.2) is 0 Å². The molecule has 0 aromatic heterocycles. The normalized spacial score (nSPS) is 26.0. The molecular formula is C13H18IN3O. The Bertz CT molecular complexity index is 382. The van der Waals surface area contributed by atoms with Crippen molar-refractivity contribution in [3.8, 4) is 6.07 Å². The van der Waals surface area contributed by atoms with E-state index in [1.165, 1.54) is 0 Å². The summed E-state index contributed by atoms with van der Waals surface area (Å²) in [4.78, 5) is 14.0. The van der Waals surface area contributed by atoms with Crippen LogP contribution < -0.4 is 0 Å². The first-order valence-electron chi connectivity index (χ1n) is 6.44. The molecule has 0 aliphatic carbocycles. The Morgan fingerprint density at radius 1 is 1.28 bits per heavy atom. The molecule has 18 heavy (non-hydrogen) atoms. The van der Waals surface area contributed by atoms with Gasteiger partial charge in [0.2, 0.25) is 0 Å². The maximum Gasteiger partial charge on any atom is 0.264 e. The number of nitriles is 1. The minimum absolute atomic E-state index is 0.0771. The fraction of sp³-hybridized carbons (Fsp3) is 0.692. The van der Waals surface area contributed by atoms with E-state index in [2.05, 4.69) is 32.6 Å².